The standard InChI is InChI=1S/C13H14Cl2N2O/c1-9(2)17-7-12(6-16-17)18-8-10-3-4-11(14)5-13(10)15/h3-7,9H,8H2,1-2H3. The number of aromatic nitrogens is 2. The molecule has 5 heteroatoms. The van der Waals surface area contributed by atoms with Crippen molar-refractivity contribution in [1.29, 1.82) is 0 Å². The first-order valence-electron chi connectivity index (χ1n) is 5.67. The minimum Gasteiger partial charge on any atom is -0.486 e. The second kappa shape index (κ2) is 5.63. The van der Waals surface area contributed by atoms with Crippen molar-refractivity contribution in [2.24, 2.45) is 0 Å². The van der Waals surface area contributed by atoms with Crippen molar-refractivity contribution in [3.05, 3.63) is 46.2 Å². The molecule has 0 aliphatic heterocycles. The first-order valence-corrected chi connectivity index (χ1v) is 6.42. The molecule has 18 heavy (non-hydrogen) atoms. The van der Waals surface area contributed by atoms with Gasteiger partial charge in [-0.3, -0.25) is 4.68 Å². The fraction of sp³-hybridized carbons (Fsp3) is 0.308. The van der Waals surface area contributed by atoms with E-state index in [9.17, 15) is 0 Å². The second-order valence-corrected chi connectivity index (χ2v) is 5.12. The predicted molar refractivity (Wildman–Crippen MR) is 73.4 cm³/mol. The monoisotopic (exact) mass is 284 g/mol. The molecule has 0 radical (unpaired) electrons. The van der Waals surface area contributed by atoms with Crippen LogP contribution in [-0.4, -0.2) is 9.78 Å². The Kier molecular flexibility index (Phi) is 4.15. The van der Waals surface area contributed by atoms with E-state index in [4.69, 9.17) is 27.9 Å². The van der Waals surface area contributed by atoms with Gasteiger partial charge in [-0.2, -0.15) is 5.10 Å². The molecule has 96 valence electrons. The number of ether oxygens (including phenoxy) is 1. The second-order valence-electron chi connectivity index (χ2n) is 4.27. The highest BCUT2D eigenvalue weighted by Crippen LogP contribution is 2.22. The minimum absolute atomic E-state index is 0.321. The van der Waals surface area contributed by atoms with E-state index < -0.39 is 0 Å². The molecule has 0 saturated carbocycles. The molecule has 0 fully saturated rings. The highest BCUT2D eigenvalue weighted by atomic mass is 35.5. The van der Waals surface area contributed by atoms with Crippen LogP contribution >= 0.6 is 23.2 Å². The van der Waals surface area contributed by atoms with Gasteiger partial charge in [0.15, 0.2) is 5.75 Å². The molecule has 0 N–H and O–H groups in total. The van der Waals surface area contributed by atoms with Crippen LogP contribution in [0.1, 0.15) is 25.5 Å². The molecule has 0 spiro atoms. The predicted octanol–water partition coefficient (Wildman–Crippen LogP) is 4.35. The summed E-state index contributed by atoms with van der Waals surface area (Å²) in [4.78, 5) is 0. The van der Waals surface area contributed by atoms with Crippen LogP contribution in [0.4, 0.5) is 0 Å². The van der Waals surface area contributed by atoms with Gasteiger partial charge in [0.2, 0.25) is 0 Å². The summed E-state index contributed by atoms with van der Waals surface area (Å²) in [6, 6.07) is 5.68. The highest BCUT2D eigenvalue weighted by Gasteiger charge is 2.05. The van der Waals surface area contributed by atoms with Crippen LogP contribution in [0.3, 0.4) is 0 Å². The number of halogens is 2. The Bertz CT molecular complexity index is 538. The fourth-order valence-electron chi connectivity index (χ4n) is 1.48. The average Bonchev–Trinajstić information content (AvgIpc) is 2.76. The van der Waals surface area contributed by atoms with Gasteiger partial charge in [0, 0.05) is 21.7 Å². The molecule has 0 saturated heterocycles. The molecule has 2 rings (SSSR count). The summed E-state index contributed by atoms with van der Waals surface area (Å²) in [6.45, 7) is 4.53. The summed E-state index contributed by atoms with van der Waals surface area (Å²) in [5.41, 5.74) is 0.901. The highest BCUT2D eigenvalue weighted by molar-refractivity contribution is 6.35. The van der Waals surface area contributed by atoms with E-state index >= 15 is 0 Å². The Morgan fingerprint density at radius 3 is 2.72 bits per heavy atom. The van der Waals surface area contributed by atoms with E-state index in [-0.39, 0.29) is 0 Å². The van der Waals surface area contributed by atoms with Gasteiger partial charge in [-0.15, -0.1) is 0 Å². The first kappa shape index (κ1) is 13.2. The van der Waals surface area contributed by atoms with Gasteiger partial charge in [0.05, 0.1) is 12.4 Å². The van der Waals surface area contributed by atoms with Crippen LogP contribution < -0.4 is 4.74 Å². The SMILES string of the molecule is CC(C)n1cc(OCc2ccc(Cl)cc2Cl)cn1. The van der Waals surface area contributed by atoms with E-state index in [1.165, 1.54) is 0 Å². The van der Waals surface area contributed by atoms with Gasteiger partial charge < -0.3 is 4.74 Å². The molecule has 1 heterocycles. The summed E-state index contributed by atoms with van der Waals surface area (Å²) in [5.74, 6) is 0.731. The van der Waals surface area contributed by atoms with Gasteiger partial charge in [-0.05, 0) is 26.0 Å². The molecule has 1 aromatic carbocycles. The Hall–Kier alpha value is -1.19. The van der Waals surface area contributed by atoms with Crippen molar-refractivity contribution in [1.82, 2.24) is 9.78 Å². The summed E-state index contributed by atoms with van der Waals surface area (Å²) >= 11 is 11.9. The molecule has 0 unspecified atom stereocenters. The maximum Gasteiger partial charge on any atom is 0.157 e. The fourth-order valence-corrected chi connectivity index (χ4v) is 1.94. The lowest BCUT2D eigenvalue weighted by Gasteiger charge is -2.06. The number of nitrogens with zero attached hydrogens (tertiary/aromatic N) is 2. The molecule has 2 aromatic rings. The third-order valence-corrected chi connectivity index (χ3v) is 3.10. The van der Waals surface area contributed by atoms with Gasteiger partial charge in [-0.1, -0.05) is 29.3 Å². The third-order valence-electron chi connectivity index (χ3n) is 2.52. The summed E-state index contributed by atoms with van der Waals surface area (Å²) < 4.78 is 7.48. The van der Waals surface area contributed by atoms with Crippen molar-refractivity contribution < 1.29 is 4.74 Å². The van der Waals surface area contributed by atoms with Crippen LogP contribution in [0.5, 0.6) is 5.75 Å². The average molecular weight is 285 g/mol. The zero-order chi connectivity index (χ0) is 13.1. The lowest BCUT2D eigenvalue weighted by atomic mass is 10.2. The minimum atomic E-state index is 0.321. The Morgan fingerprint density at radius 2 is 2.11 bits per heavy atom. The normalized spacial score (nSPS) is 10.9. The van der Waals surface area contributed by atoms with Crippen LogP contribution in [0.15, 0.2) is 30.6 Å². The molecule has 0 bridgehead atoms. The number of hydrogen-bond acceptors (Lipinski definition) is 2. The Labute approximate surface area is 116 Å². The lowest BCUT2D eigenvalue weighted by molar-refractivity contribution is 0.305. The quantitative estimate of drug-likeness (QED) is 0.835. The van der Waals surface area contributed by atoms with Gasteiger partial charge in [-0.25, -0.2) is 0 Å². The van der Waals surface area contributed by atoms with Gasteiger partial charge in [0.1, 0.15) is 6.61 Å². The molecule has 0 amide bonds. The van der Waals surface area contributed by atoms with E-state index in [1.807, 2.05) is 16.9 Å². The van der Waals surface area contributed by atoms with E-state index in [0.29, 0.717) is 22.7 Å². The zero-order valence-electron chi connectivity index (χ0n) is 10.2. The summed E-state index contributed by atoms with van der Waals surface area (Å²) in [6.07, 6.45) is 3.57. The van der Waals surface area contributed by atoms with Crippen molar-refractivity contribution >= 4 is 23.2 Å². The molecule has 3 nitrogen and oxygen atoms in total. The van der Waals surface area contributed by atoms with Crippen molar-refractivity contribution in [2.45, 2.75) is 26.5 Å². The van der Waals surface area contributed by atoms with Crippen LogP contribution in [0, 0.1) is 0 Å². The van der Waals surface area contributed by atoms with E-state index in [1.54, 1.807) is 18.3 Å². The van der Waals surface area contributed by atoms with Gasteiger partial charge in [0.25, 0.3) is 0 Å². The maximum atomic E-state index is 6.07. The third kappa shape index (κ3) is 3.18. The van der Waals surface area contributed by atoms with E-state index in [2.05, 4.69) is 18.9 Å². The first-order chi connectivity index (χ1) is 8.56. The summed E-state index contributed by atoms with van der Waals surface area (Å²) in [7, 11) is 0. The van der Waals surface area contributed by atoms with Gasteiger partial charge >= 0.3 is 0 Å². The van der Waals surface area contributed by atoms with Crippen molar-refractivity contribution in [3.8, 4) is 5.75 Å². The largest absolute Gasteiger partial charge is 0.486 e. The van der Waals surface area contributed by atoms with Crippen LogP contribution in [0.2, 0.25) is 10.0 Å². The summed E-state index contributed by atoms with van der Waals surface area (Å²) in [5, 5.41) is 5.43. The zero-order valence-corrected chi connectivity index (χ0v) is 11.7. The van der Waals surface area contributed by atoms with E-state index in [0.717, 1.165) is 11.3 Å². The number of hydrogen-bond donors (Lipinski definition) is 0. The number of benzene rings is 1. The molecular formula is C13H14Cl2N2O. The van der Waals surface area contributed by atoms with Crippen molar-refractivity contribution in [2.75, 3.05) is 0 Å². The lowest BCUT2D eigenvalue weighted by Crippen LogP contribution is -2.00. The van der Waals surface area contributed by atoms with Crippen molar-refractivity contribution in [3.63, 3.8) is 0 Å². The molecule has 0 aliphatic carbocycles. The molecular weight excluding hydrogens is 271 g/mol. The smallest absolute Gasteiger partial charge is 0.157 e. The maximum absolute atomic E-state index is 6.07. The molecule has 1 aromatic heterocycles. The Morgan fingerprint density at radius 1 is 1.33 bits per heavy atom. The number of rotatable bonds is 4. The topological polar surface area (TPSA) is 27.1 Å². The Balaban J connectivity index is 2.02. The van der Waals surface area contributed by atoms with Crippen LogP contribution in [0.25, 0.3) is 0 Å². The molecule has 0 aliphatic rings. The van der Waals surface area contributed by atoms with Crippen LogP contribution in [-0.2, 0) is 6.61 Å². The molecule has 0 atom stereocenters.